The molecule has 0 aliphatic heterocycles. The normalized spacial score (nSPS) is 27.5. The maximum absolute atomic E-state index is 13.0. The molecule has 0 nitrogen and oxygen atoms in total. The molecule has 0 N–H and O–H groups in total. The van der Waals surface area contributed by atoms with Crippen molar-refractivity contribution in [2.75, 3.05) is 0 Å². The fourth-order valence-corrected chi connectivity index (χ4v) is 8.67. The smallest absolute Gasteiger partial charge is 0.358 e. The van der Waals surface area contributed by atoms with Crippen molar-refractivity contribution in [1.82, 2.24) is 0 Å². The van der Waals surface area contributed by atoms with Gasteiger partial charge in [-0.15, -0.1) is 0 Å². The van der Waals surface area contributed by atoms with Gasteiger partial charge in [-0.2, -0.15) is 26.3 Å². The standard InChI is InChI=1S/2C17H21F3.3CH3.Gd/c2*1-11-8-13(10-14(9-11)17(18,19)20)16-7-6-12-4-2-3-5-15(12)16;;;;/h2*8-10,12,15-16H,2-7H2,1H3;3*1H3;/q;;3*-1;+3. The molecule has 0 saturated heterocycles. The summed E-state index contributed by atoms with van der Waals surface area (Å²) in [5, 5.41) is 0. The molecule has 0 bridgehead atoms. The summed E-state index contributed by atoms with van der Waals surface area (Å²) in [7, 11) is 0. The van der Waals surface area contributed by atoms with Gasteiger partial charge in [-0.1, -0.05) is 61.8 Å². The summed E-state index contributed by atoms with van der Waals surface area (Å²) in [5.41, 5.74) is 2.35. The minimum Gasteiger partial charge on any atom is -0.358 e. The van der Waals surface area contributed by atoms with Crippen LogP contribution in [0.5, 0.6) is 0 Å². The van der Waals surface area contributed by atoms with E-state index in [-0.39, 0.29) is 62.2 Å². The zero-order valence-electron chi connectivity index (χ0n) is 27.0. The van der Waals surface area contributed by atoms with Crippen molar-refractivity contribution in [3.8, 4) is 0 Å². The summed E-state index contributed by atoms with van der Waals surface area (Å²) in [6.45, 7) is 3.54. The SMILES string of the molecule is Cc1cc(C2CCC3CCCCC32)cc(C(F)(F)F)c1.Cc1cc(C2CCC3CCCCC32)cc(C(F)(F)F)c1.[CH3-].[CH3-].[CH3-].[Gd+3]. The minimum absolute atomic E-state index is 0. The quantitative estimate of drug-likeness (QED) is 0.211. The van der Waals surface area contributed by atoms with Gasteiger partial charge in [-0.05, 0) is 123 Å². The van der Waals surface area contributed by atoms with Crippen LogP contribution in [0.1, 0.15) is 122 Å². The van der Waals surface area contributed by atoms with Crippen molar-refractivity contribution in [3.05, 3.63) is 92.1 Å². The Balaban J connectivity index is 0.000000403. The third-order valence-electron chi connectivity index (χ3n) is 10.4. The average molecular weight is 767 g/mol. The predicted molar refractivity (Wildman–Crippen MR) is 166 cm³/mol. The molecule has 0 aromatic heterocycles. The average Bonchev–Trinajstić information content (AvgIpc) is 3.52. The van der Waals surface area contributed by atoms with Crippen molar-refractivity contribution < 1.29 is 66.3 Å². The molecule has 249 valence electrons. The third-order valence-corrected chi connectivity index (χ3v) is 10.4. The summed E-state index contributed by atoms with van der Waals surface area (Å²) < 4.78 is 77.8. The molecule has 0 amide bonds. The van der Waals surface area contributed by atoms with Gasteiger partial charge in [-0.3, -0.25) is 0 Å². The van der Waals surface area contributed by atoms with Crippen LogP contribution in [0.15, 0.2) is 36.4 Å². The Morgan fingerprint density at radius 2 is 0.818 bits per heavy atom. The van der Waals surface area contributed by atoms with E-state index in [0.29, 0.717) is 23.7 Å². The topological polar surface area (TPSA) is 0 Å². The Hall–Kier alpha value is -0.655. The zero-order chi connectivity index (χ0) is 28.7. The van der Waals surface area contributed by atoms with Crippen LogP contribution in [0.4, 0.5) is 26.3 Å². The monoisotopic (exact) mass is 767 g/mol. The molecule has 4 aliphatic rings. The minimum atomic E-state index is -4.23. The molecular formula is C37H51F6Gd. The Bertz CT molecular complexity index is 1080. The number of halogens is 6. The van der Waals surface area contributed by atoms with E-state index in [2.05, 4.69) is 0 Å². The second-order valence-electron chi connectivity index (χ2n) is 13.0. The van der Waals surface area contributed by atoms with Crippen LogP contribution in [0.2, 0.25) is 0 Å². The molecule has 2 aromatic rings. The van der Waals surface area contributed by atoms with Crippen LogP contribution in [0, 0.1) is 99.7 Å². The number of benzene rings is 2. The van der Waals surface area contributed by atoms with Crippen LogP contribution >= 0.6 is 0 Å². The molecule has 0 heterocycles. The zero-order valence-corrected chi connectivity index (χ0v) is 29.3. The van der Waals surface area contributed by atoms with Crippen molar-refractivity contribution in [1.29, 1.82) is 0 Å². The molecule has 7 heteroatoms. The van der Waals surface area contributed by atoms with E-state index in [1.54, 1.807) is 13.8 Å². The molecule has 6 atom stereocenters. The van der Waals surface area contributed by atoms with E-state index in [1.807, 2.05) is 12.1 Å². The van der Waals surface area contributed by atoms with Crippen molar-refractivity contribution in [3.63, 3.8) is 0 Å². The van der Waals surface area contributed by atoms with Crippen LogP contribution < -0.4 is 0 Å². The van der Waals surface area contributed by atoms with E-state index in [1.165, 1.54) is 88.5 Å². The molecule has 4 saturated carbocycles. The largest absolute Gasteiger partial charge is 3.00 e. The van der Waals surface area contributed by atoms with E-state index in [4.69, 9.17) is 0 Å². The van der Waals surface area contributed by atoms with Crippen LogP contribution in [0.3, 0.4) is 0 Å². The molecule has 4 aliphatic carbocycles. The van der Waals surface area contributed by atoms with Crippen molar-refractivity contribution in [2.24, 2.45) is 23.7 Å². The molecule has 6 rings (SSSR count). The van der Waals surface area contributed by atoms with Gasteiger partial charge in [0, 0.05) is 0 Å². The van der Waals surface area contributed by atoms with Gasteiger partial charge in [0.1, 0.15) is 0 Å². The van der Waals surface area contributed by atoms with E-state index >= 15 is 0 Å². The van der Waals surface area contributed by atoms with E-state index in [9.17, 15) is 26.3 Å². The fourth-order valence-electron chi connectivity index (χ4n) is 8.67. The number of hydrogen-bond acceptors (Lipinski definition) is 0. The Labute approximate surface area is 295 Å². The summed E-state index contributed by atoms with van der Waals surface area (Å²) in [5.74, 6) is 3.44. The first-order chi connectivity index (χ1) is 18.9. The van der Waals surface area contributed by atoms with Gasteiger partial charge >= 0.3 is 52.3 Å². The Kier molecular flexibility index (Phi) is 15.9. The summed E-state index contributed by atoms with van der Waals surface area (Å²) in [6.07, 6.45) is 6.11. The number of aryl methyl sites for hydroxylation is 2. The van der Waals surface area contributed by atoms with Gasteiger partial charge in [0.15, 0.2) is 0 Å². The summed E-state index contributed by atoms with van der Waals surface area (Å²) in [4.78, 5) is 0. The van der Waals surface area contributed by atoms with Crippen molar-refractivity contribution >= 4 is 0 Å². The first-order valence-corrected chi connectivity index (χ1v) is 15.3. The first kappa shape index (κ1) is 41.4. The Morgan fingerprint density at radius 1 is 0.477 bits per heavy atom. The maximum Gasteiger partial charge on any atom is 3.00 e. The fraction of sp³-hybridized carbons (Fsp3) is 0.595. The predicted octanol–water partition coefficient (Wildman–Crippen LogP) is 12.7. The van der Waals surface area contributed by atoms with Crippen LogP contribution in [-0.4, -0.2) is 0 Å². The maximum atomic E-state index is 13.0. The van der Waals surface area contributed by atoms with E-state index in [0.717, 1.165) is 46.9 Å². The number of hydrogen-bond donors (Lipinski definition) is 0. The number of rotatable bonds is 2. The van der Waals surface area contributed by atoms with Gasteiger partial charge in [-0.25, -0.2) is 0 Å². The molecule has 0 spiro atoms. The number of fused-ring (bicyclic) bond motifs is 2. The Morgan fingerprint density at radius 3 is 1.16 bits per heavy atom. The summed E-state index contributed by atoms with van der Waals surface area (Å²) in [6, 6.07) is 9.25. The second-order valence-corrected chi connectivity index (χ2v) is 13.0. The molecular weight excluding hydrogens is 716 g/mol. The van der Waals surface area contributed by atoms with E-state index < -0.39 is 23.5 Å². The molecule has 44 heavy (non-hydrogen) atoms. The van der Waals surface area contributed by atoms with Gasteiger partial charge in [0.25, 0.3) is 0 Å². The van der Waals surface area contributed by atoms with Gasteiger partial charge in [0.2, 0.25) is 0 Å². The first-order valence-electron chi connectivity index (χ1n) is 15.3. The third kappa shape index (κ3) is 9.69. The molecule has 1 radical (unpaired) electrons. The van der Waals surface area contributed by atoms with Gasteiger partial charge in [0.05, 0.1) is 11.1 Å². The van der Waals surface area contributed by atoms with Crippen LogP contribution in [-0.2, 0) is 12.4 Å². The molecule has 6 unspecified atom stereocenters. The molecule has 4 fully saturated rings. The number of alkyl halides is 6. The van der Waals surface area contributed by atoms with Crippen LogP contribution in [0.25, 0.3) is 0 Å². The second kappa shape index (κ2) is 17.0. The molecule has 2 aromatic carbocycles. The van der Waals surface area contributed by atoms with Gasteiger partial charge < -0.3 is 22.3 Å². The van der Waals surface area contributed by atoms with Crippen molar-refractivity contribution in [2.45, 2.75) is 115 Å². The summed E-state index contributed by atoms with van der Waals surface area (Å²) >= 11 is 0.